The fourth-order valence-electron chi connectivity index (χ4n) is 3.59. The molecule has 2 heterocycles. The summed E-state index contributed by atoms with van der Waals surface area (Å²) in [7, 11) is 0. The number of halogens is 1. The van der Waals surface area contributed by atoms with Crippen LogP contribution in [0.1, 0.15) is 43.5 Å². The van der Waals surface area contributed by atoms with E-state index in [1.165, 1.54) is 0 Å². The van der Waals surface area contributed by atoms with E-state index in [-0.39, 0.29) is 17.9 Å². The molecule has 0 spiro atoms. The highest BCUT2D eigenvalue weighted by Gasteiger charge is 2.32. The molecule has 1 aromatic carbocycles. The molecule has 2 saturated heterocycles. The van der Waals surface area contributed by atoms with E-state index in [2.05, 4.69) is 0 Å². The number of carbonyl (C=O) groups is 2. The zero-order valence-electron chi connectivity index (χ0n) is 17.1. The minimum absolute atomic E-state index is 0.0358. The zero-order valence-corrected chi connectivity index (χ0v) is 17.9. The third kappa shape index (κ3) is 5.14. The van der Waals surface area contributed by atoms with Crippen molar-refractivity contribution in [3.05, 3.63) is 22.7 Å². The van der Waals surface area contributed by atoms with Gasteiger partial charge in [-0.05, 0) is 38.3 Å². The maximum Gasteiger partial charge on any atom is 0.254 e. The van der Waals surface area contributed by atoms with Crippen LogP contribution in [0.2, 0.25) is 5.02 Å². The van der Waals surface area contributed by atoms with Gasteiger partial charge in [-0.15, -0.1) is 0 Å². The lowest BCUT2D eigenvalue weighted by atomic mass is 10.1. The lowest BCUT2D eigenvalue weighted by Crippen LogP contribution is -2.52. The second-order valence-electron chi connectivity index (χ2n) is 7.19. The molecule has 3 rings (SSSR count). The number of rotatable bonds is 7. The summed E-state index contributed by atoms with van der Waals surface area (Å²) in [4.78, 5) is 29.0. The van der Waals surface area contributed by atoms with Crippen LogP contribution in [0.3, 0.4) is 0 Å². The van der Waals surface area contributed by atoms with Crippen LogP contribution in [0.15, 0.2) is 12.1 Å². The molecule has 2 fully saturated rings. The summed E-state index contributed by atoms with van der Waals surface area (Å²) in [5.74, 6) is 0.857. The van der Waals surface area contributed by atoms with Crippen LogP contribution in [0.4, 0.5) is 0 Å². The van der Waals surface area contributed by atoms with Gasteiger partial charge in [-0.1, -0.05) is 18.5 Å². The molecule has 0 aromatic heterocycles. The smallest absolute Gasteiger partial charge is 0.254 e. The van der Waals surface area contributed by atoms with Gasteiger partial charge in [-0.25, -0.2) is 0 Å². The molecule has 0 saturated carbocycles. The molecule has 2 aliphatic rings. The van der Waals surface area contributed by atoms with Crippen molar-refractivity contribution in [1.29, 1.82) is 0 Å². The Morgan fingerprint density at radius 3 is 2.48 bits per heavy atom. The molecular weight excluding hydrogens is 396 g/mol. The van der Waals surface area contributed by atoms with Crippen LogP contribution in [-0.4, -0.2) is 73.7 Å². The van der Waals surface area contributed by atoms with Crippen LogP contribution in [0, 0.1) is 0 Å². The van der Waals surface area contributed by atoms with E-state index in [0.29, 0.717) is 68.1 Å². The quantitative estimate of drug-likeness (QED) is 0.673. The molecule has 1 unspecified atom stereocenters. The number of ether oxygens (including phenoxy) is 3. The van der Waals surface area contributed by atoms with Gasteiger partial charge in [0.05, 0.1) is 18.2 Å². The molecule has 2 amide bonds. The van der Waals surface area contributed by atoms with Crippen LogP contribution in [-0.2, 0) is 9.53 Å². The molecule has 7 nitrogen and oxygen atoms in total. The Kier molecular flexibility index (Phi) is 7.61. The van der Waals surface area contributed by atoms with Gasteiger partial charge in [-0.3, -0.25) is 9.59 Å². The largest absolute Gasteiger partial charge is 0.490 e. The Hall–Kier alpha value is -1.99. The van der Waals surface area contributed by atoms with Gasteiger partial charge in [0.2, 0.25) is 0 Å². The van der Waals surface area contributed by atoms with Gasteiger partial charge >= 0.3 is 0 Å². The molecule has 0 N–H and O–H groups in total. The molecule has 2 aliphatic heterocycles. The van der Waals surface area contributed by atoms with Gasteiger partial charge in [0, 0.05) is 38.3 Å². The van der Waals surface area contributed by atoms with Crippen molar-refractivity contribution in [2.45, 2.75) is 39.2 Å². The van der Waals surface area contributed by atoms with Crippen LogP contribution in [0.25, 0.3) is 0 Å². The van der Waals surface area contributed by atoms with E-state index < -0.39 is 0 Å². The minimum Gasteiger partial charge on any atom is -0.490 e. The van der Waals surface area contributed by atoms with E-state index in [1.807, 2.05) is 13.8 Å². The molecule has 160 valence electrons. The summed E-state index contributed by atoms with van der Waals surface area (Å²) in [5, 5.41) is 0.361. The first-order valence-corrected chi connectivity index (χ1v) is 10.7. The summed E-state index contributed by atoms with van der Waals surface area (Å²) in [6.45, 7) is 7.47. The Labute approximate surface area is 176 Å². The molecular formula is C21H29ClN2O5. The van der Waals surface area contributed by atoms with Crippen LogP contribution >= 0.6 is 11.6 Å². The molecule has 0 radical (unpaired) electrons. The summed E-state index contributed by atoms with van der Waals surface area (Å²) in [6, 6.07) is 3.31. The molecule has 0 aliphatic carbocycles. The first kappa shape index (κ1) is 21.7. The topological polar surface area (TPSA) is 68.3 Å². The Bertz CT molecular complexity index is 728. The molecule has 1 aromatic rings. The number of hydrogen-bond donors (Lipinski definition) is 0. The first-order valence-electron chi connectivity index (χ1n) is 10.3. The predicted octanol–water partition coefficient (Wildman–Crippen LogP) is 2.99. The highest BCUT2D eigenvalue weighted by Crippen LogP contribution is 2.37. The summed E-state index contributed by atoms with van der Waals surface area (Å²) < 4.78 is 16.8. The SMILES string of the molecule is CCCOc1c(Cl)cc(C(=O)N2CCN(C(=O)C3CCCO3)CC2)cc1OCC. The number of amides is 2. The van der Waals surface area contributed by atoms with E-state index >= 15 is 0 Å². The summed E-state index contributed by atoms with van der Waals surface area (Å²) >= 11 is 6.38. The highest BCUT2D eigenvalue weighted by molar-refractivity contribution is 6.32. The molecule has 29 heavy (non-hydrogen) atoms. The number of benzene rings is 1. The third-order valence-corrected chi connectivity index (χ3v) is 5.37. The van der Waals surface area contributed by atoms with E-state index in [0.717, 1.165) is 19.3 Å². The van der Waals surface area contributed by atoms with Crippen molar-refractivity contribution in [1.82, 2.24) is 9.80 Å². The second-order valence-corrected chi connectivity index (χ2v) is 7.59. The number of carbonyl (C=O) groups excluding carboxylic acids is 2. The maximum atomic E-state index is 13.0. The fraction of sp³-hybridized carbons (Fsp3) is 0.619. The average molecular weight is 425 g/mol. The second kappa shape index (κ2) is 10.2. The summed E-state index contributed by atoms with van der Waals surface area (Å²) in [5.41, 5.74) is 0.459. The molecule has 8 heteroatoms. The van der Waals surface area contributed by atoms with Crippen molar-refractivity contribution in [3.8, 4) is 11.5 Å². The maximum absolute atomic E-state index is 13.0. The lowest BCUT2D eigenvalue weighted by molar-refractivity contribution is -0.142. The number of hydrogen-bond acceptors (Lipinski definition) is 5. The lowest BCUT2D eigenvalue weighted by Gasteiger charge is -2.35. The Morgan fingerprint density at radius 2 is 1.86 bits per heavy atom. The monoisotopic (exact) mass is 424 g/mol. The van der Waals surface area contributed by atoms with Crippen molar-refractivity contribution >= 4 is 23.4 Å². The summed E-state index contributed by atoms with van der Waals surface area (Å²) in [6.07, 6.45) is 2.23. The predicted molar refractivity (Wildman–Crippen MR) is 110 cm³/mol. The third-order valence-electron chi connectivity index (χ3n) is 5.09. The van der Waals surface area contributed by atoms with Gasteiger partial charge in [0.15, 0.2) is 11.5 Å². The average Bonchev–Trinajstić information content (AvgIpc) is 3.27. The van der Waals surface area contributed by atoms with Crippen molar-refractivity contribution in [2.24, 2.45) is 0 Å². The Morgan fingerprint density at radius 1 is 1.14 bits per heavy atom. The van der Waals surface area contributed by atoms with Gasteiger partial charge in [0.1, 0.15) is 6.10 Å². The van der Waals surface area contributed by atoms with E-state index in [4.69, 9.17) is 25.8 Å². The van der Waals surface area contributed by atoms with Gasteiger partial charge in [-0.2, -0.15) is 0 Å². The van der Waals surface area contributed by atoms with Crippen LogP contribution in [0.5, 0.6) is 11.5 Å². The van der Waals surface area contributed by atoms with Crippen LogP contribution < -0.4 is 9.47 Å². The van der Waals surface area contributed by atoms with Gasteiger partial charge < -0.3 is 24.0 Å². The van der Waals surface area contributed by atoms with E-state index in [9.17, 15) is 9.59 Å². The van der Waals surface area contributed by atoms with Crippen molar-refractivity contribution < 1.29 is 23.8 Å². The van der Waals surface area contributed by atoms with Crippen molar-refractivity contribution in [2.75, 3.05) is 46.0 Å². The van der Waals surface area contributed by atoms with E-state index in [1.54, 1.807) is 21.9 Å². The first-order chi connectivity index (χ1) is 14.0. The van der Waals surface area contributed by atoms with Crippen molar-refractivity contribution in [3.63, 3.8) is 0 Å². The highest BCUT2D eigenvalue weighted by atomic mass is 35.5. The fourth-order valence-corrected chi connectivity index (χ4v) is 3.85. The minimum atomic E-state index is -0.319. The standard InChI is InChI=1S/C21H29ClN2O5/c1-3-11-29-19-16(22)13-15(14-18(19)27-4-2)20(25)23-7-9-24(10-8-23)21(26)17-6-5-12-28-17/h13-14,17H,3-12H2,1-2H3. The zero-order chi connectivity index (χ0) is 20.8. The molecule has 0 bridgehead atoms. The normalized spacial score (nSPS) is 19.3. The Balaban J connectivity index is 1.66. The molecule has 1 atom stereocenters. The number of piperazine rings is 1. The van der Waals surface area contributed by atoms with Gasteiger partial charge in [0.25, 0.3) is 11.8 Å². The number of nitrogens with zero attached hydrogens (tertiary/aromatic N) is 2.